The Morgan fingerprint density at radius 3 is 2.41 bits per heavy atom. The zero-order chi connectivity index (χ0) is 38.8. The van der Waals surface area contributed by atoms with E-state index < -0.39 is 40.9 Å². The number of amides is 4. The molecule has 0 bridgehead atoms. The van der Waals surface area contributed by atoms with E-state index in [1.54, 1.807) is 30.5 Å². The average molecular weight is 761 g/mol. The lowest BCUT2D eigenvalue weighted by Crippen LogP contribution is -2.66. The molecule has 14 heteroatoms. The van der Waals surface area contributed by atoms with Gasteiger partial charge in [-0.25, -0.2) is 14.4 Å². The van der Waals surface area contributed by atoms with E-state index in [1.165, 1.54) is 6.07 Å². The number of carbonyl (C=O) groups is 4. The second kappa shape index (κ2) is 13.7. The summed E-state index contributed by atoms with van der Waals surface area (Å²) in [7, 11) is 0. The third-order valence-electron chi connectivity index (χ3n) is 11.7. The Balaban J connectivity index is 0.765. The topological polar surface area (TPSA) is 152 Å². The van der Waals surface area contributed by atoms with Crippen molar-refractivity contribution in [3.8, 4) is 11.5 Å². The van der Waals surface area contributed by atoms with E-state index in [-0.39, 0.29) is 47.3 Å². The Morgan fingerprint density at radius 2 is 1.70 bits per heavy atom. The monoisotopic (exact) mass is 760 g/mol. The summed E-state index contributed by atoms with van der Waals surface area (Å²) in [5, 5.41) is 5.57. The molecule has 2 N–H and O–H groups in total. The minimum Gasteiger partial charge on any atom is -0.487 e. The molecule has 4 aliphatic heterocycles. The average Bonchev–Trinajstić information content (AvgIpc) is 3.37. The van der Waals surface area contributed by atoms with E-state index in [0.717, 1.165) is 48.0 Å². The number of aromatic nitrogens is 2. The van der Waals surface area contributed by atoms with Crippen LogP contribution in [0.2, 0.25) is 0 Å². The summed E-state index contributed by atoms with van der Waals surface area (Å²) in [6.45, 7) is 7.87. The SMILES string of the molecule is CC(C)(c1ccc(OCc2ccnc(N3CC4(COC4)C3)n2)cc1)c1ccc(O[C@H]2C[C@H](Nc3ccc4c(c3)C(=O)N(C3CCC(=O)NC3=O)C4=O)C2)c(F)c1. The van der Waals surface area contributed by atoms with Crippen LogP contribution >= 0.6 is 0 Å². The third-order valence-corrected chi connectivity index (χ3v) is 11.7. The maximum Gasteiger partial charge on any atom is 0.262 e. The molecule has 1 atom stereocenters. The van der Waals surface area contributed by atoms with E-state index >= 15 is 4.39 Å². The highest BCUT2D eigenvalue weighted by Crippen LogP contribution is 2.40. The molecule has 0 radical (unpaired) electrons. The molecule has 1 spiro atoms. The van der Waals surface area contributed by atoms with Gasteiger partial charge in [0.1, 0.15) is 24.5 Å². The first-order chi connectivity index (χ1) is 26.9. The van der Waals surface area contributed by atoms with Gasteiger partial charge >= 0.3 is 0 Å². The summed E-state index contributed by atoms with van der Waals surface area (Å²) in [5.41, 5.74) is 3.47. The number of hydrogen-bond acceptors (Lipinski definition) is 11. The zero-order valence-corrected chi connectivity index (χ0v) is 31.0. The van der Waals surface area contributed by atoms with Gasteiger partial charge < -0.3 is 24.4 Å². The maximum atomic E-state index is 15.5. The number of nitrogens with one attached hydrogen (secondary N) is 2. The van der Waals surface area contributed by atoms with E-state index in [0.29, 0.717) is 36.8 Å². The molecule has 1 aliphatic carbocycles. The second-order valence-electron chi connectivity index (χ2n) is 16.0. The van der Waals surface area contributed by atoms with Gasteiger partial charge in [-0.05, 0) is 66.1 Å². The molecular formula is C42H41FN6O7. The first-order valence-electron chi connectivity index (χ1n) is 18.9. The van der Waals surface area contributed by atoms with Crippen LogP contribution in [0.25, 0.3) is 0 Å². The molecule has 1 aromatic heterocycles. The molecule has 9 rings (SSSR count). The number of rotatable bonds is 11. The van der Waals surface area contributed by atoms with Crippen LogP contribution in [0.3, 0.4) is 0 Å². The number of benzene rings is 3. The quantitative estimate of drug-likeness (QED) is 0.203. The lowest BCUT2D eigenvalue weighted by molar-refractivity contribution is -0.136. The van der Waals surface area contributed by atoms with E-state index in [9.17, 15) is 19.2 Å². The molecule has 288 valence electrons. The Hall–Kier alpha value is -5.89. The highest BCUT2D eigenvalue weighted by Gasteiger charge is 2.50. The van der Waals surface area contributed by atoms with Gasteiger partial charge in [0.05, 0.1) is 35.4 Å². The first-order valence-corrected chi connectivity index (χ1v) is 18.9. The normalized spacial score (nSPS) is 22.5. The minimum absolute atomic E-state index is 0.0175. The molecule has 1 unspecified atom stereocenters. The van der Waals surface area contributed by atoms with E-state index in [1.807, 2.05) is 50.2 Å². The fourth-order valence-corrected chi connectivity index (χ4v) is 8.13. The van der Waals surface area contributed by atoms with Gasteiger partial charge in [-0.3, -0.25) is 29.4 Å². The number of piperidine rings is 1. The molecule has 4 aromatic rings. The van der Waals surface area contributed by atoms with Crippen LogP contribution < -0.4 is 25.0 Å². The summed E-state index contributed by atoms with van der Waals surface area (Å²) in [4.78, 5) is 62.4. The molecule has 3 saturated heterocycles. The Labute approximate surface area is 322 Å². The van der Waals surface area contributed by atoms with Gasteiger partial charge in [0, 0.05) is 55.7 Å². The van der Waals surface area contributed by atoms with Crippen molar-refractivity contribution in [3.63, 3.8) is 0 Å². The zero-order valence-electron chi connectivity index (χ0n) is 31.0. The van der Waals surface area contributed by atoms with Crippen molar-refractivity contribution in [3.05, 3.63) is 107 Å². The summed E-state index contributed by atoms with van der Waals surface area (Å²) < 4.78 is 32.9. The van der Waals surface area contributed by atoms with Crippen LogP contribution in [0.4, 0.5) is 16.0 Å². The standard InChI is InChI=1S/C42H41FN6O7/c1-41(2,24-3-7-29(8-4-24)55-19-27-13-14-44-40(46-27)48-20-42(21-48)22-54-23-42)25-5-11-35(33(43)15-25)56-30-16-28(17-30)45-26-6-9-31-32(18-26)39(53)49(38(31)52)34-10-12-36(50)47-37(34)51/h3-9,11,13-15,18,28,30,34,45H,10,12,16-17,19-23H2,1-2H3,(H,47,50,51)/t28-,30-,34?. The first kappa shape index (κ1) is 35.8. The van der Waals surface area contributed by atoms with Gasteiger partial charge in [0.15, 0.2) is 11.6 Å². The van der Waals surface area contributed by atoms with Gasteiger partial charge in [-0.15, -0.1) is 0 Å². The van der Waals surface area contributed by atoms with Crippen molar-refractivity contribution in [2.24, 2.45) is 5.41 Å². The van der Waals surface area contributed by atoms with Crippen LogP contribution in [0.5, 0.6) is 11.5 Å². The molecule has 5 heterocycles. The van der Waals surface area contributed by atoms with Crippen LogP contribution in [0.1, 0.15) is 77.1 Å². The van der Waals surface area contributed by atoms with Crippen molar-refractivity contribution in [1.82, 2.24) is 20.2 Å². The molecule has 5 aliphatic rings. The predicted octanol–water partition coefficient (Wildman–Crippen LogP) is 4.78. The molecule has 4 fully saturated rings. The van der Waals surface area contributed by atoms with Crippen molar-refractivity contribution < 1.29 is 37.8 Å². The molecule has 3 aromatic carbocycles. The summed E-state index contributed by atoms with van der Waals surface area (Å²) in [6, 6.07) is 18.7. The Bertz CT molecular complexity index is 2250. The number of carbonyl (C=O) groups excluding carboxylic acids is 4. The molecule has 13 nitrogen and oxygen atoms in total. The van der Waals surface area contributed by atoms with Crippen LogP contribution in [-0.2, 0) is 26.3 Å². The van der Waals surface area contributed by atoms with E-state index in [2.05, 4.69) is 25.5 Å². The number of nitrogens with zero attached hydrogens (tertiary/aromatic N) is 4. The summed E-state index contributed by atoms with van der Waals surface area (Å²) >= 11 is 0. The highest BCUT2D eigenvalue weighted by atomic mass is 19.1. The van der Waals surface area contributed by atoms with Gasteiger partial charge in [-0.2, -0.15) is 0 Å². The van der Waals surface area contributed by atoms with Crippen LogP contribution in [0, 0.1) is 11.2 Å². The lowest BCUT2D eigenvalue weighted by atomic mass is 9.78. The predicted molar refractivity (Wildman–Crippen MR) is 201 cm³/mol. The number of fused-ring (bicyclic) bond motifs is 1. The maximum absolute atomic E-state index is 15.5. The molecule has 1 saturated carbocycles. The number of anilines is 2. The van der Waals surface area contributed by atoms with Crippen molar-refractivity contribution >= 4 is 35.3 Å². The fourth-order valence-electron chi connectivity index (χ4n) is 8.13. The van der Waals surface area contributed by atoms with Crippen molar-refractivity contribution in [2.75, 3.05) is 36.5 Å². The number of halogens is 1. The molecule has 56 heavy (non-hydrogen) atoms. The largest absolute Gasteiger partial charge is 0.487 e. The Kier molecular flexibility index (Phi) is 8.75. The molecule has 4 amide bonds. The fraction of sp³-hybridized carbons (Fsp3) is 0.381. The number of hydrogen-bond donors (Lipinski definition) is 2. The minimum atomic E-state index is -1.02. The summed E-state index contributed by atoms with van der Waals surface area (Å²) in [6.07, 6.45) is 2.94. The van der Waals surface area contributed by atoms with Gasteiger partial charge in [-0.1, -0.05) is 32.0 Å². The van der Waals surface area contributed by atoms with E-state index in [4.69, 9.17) is 14.2 Å². The highest BCUT2D eigenvalue weighted by molar-refractivity contribution is 6.23. The van der Waals surface area contributed by atoms with Crippen molar-refractivity contribution in [1.29, 1.82) is 0 Å². The van der Waals surface area contributed by atoms with Crippen LogP contribution in [-0.4, -0.2) is 83.0 Å². The smallest absolute Gasteiger partial charge is 0.262 e. The Morgan fingerprint density at radius 1 is 0.946 bits per heavy atom. The lowest BCUT2D eigenvalue weighted by Gasteiger charge is -2.54. The second-order valence-corrected chi connectivity index (χ2v) is 16.0. The number of imide groups is 2. The number of ether oxygens (including phenoxy) is 3. The van der Waals surface area contributed by atoms with Crippen LogP contribution in [0.15, 0.2) is 72.9 Å². The summed E-state index contributed by atoms with van der Waals surface area (Å²) in [5.74, 6) is -1.01. The van der Waals surface area contributed by atoms with Gasteiger partial charge in [0.25, 0.3) is 11.8 Å². The molecular weight excluding hydrogens is 719 g/mol. The van der Waals surface area contributed by atoms with Crippen molar-refractivity contribution in [2.45, 2.75) is 69.7 Å². The third kappa shape index (κ3) is 6.51. The van der Waals surface area contributed by atoms with Gasteiger partial charge in [0.2, 0.25) is 17.8 Å².